The number of hydrogen-bond donors (Lipinski definition) is 1. The van der Waals surface area contributed by atoms with Gasteiger partial charge in [-0.3, -0.25) is 9.69 Å². The van der Waals surface area contributed by atoms with Crippen LogP contribution in [0.25, 0.3) is 6.08 Å². The van der Waals surface area contributed by atoms with Crippen molar-refractivity contribution in [2.75, 3.05) is 31.1 Å². The highest BCUT2D eigenvalue weighted by Crippen LogP contribution is 2.24. The van der Waals surface area contributed by atoms with Gasteiger partial charge in [-0.05, 0) is 23.6 Å². The Morgan fingerprint density at radius 1 is 1.39 bits per heavy atom. The van der Waals surface area contributed by atoms with E-state index in [1.54, 1.807) is 29.9 Å². The summed E-state index contributed by atoms with van der Waals surface area (Å²) in [6.07, 6.45) is 6.92. The van der Waals surface area contributed by atoms with Crippen molar-refractivity contribution < 1.29 is 9.21 Å². The Hall–Kier alpha value is -1.50. The summed E-state index contributed by atoms with van der Waals surface area (Å²) in [5, 5.41) is 5.02. The molecule has 0 aliphatic carbocycles. The van der Waals surface area contributed by atoms with Gasteiger partial charge in [0.25, 0.3) is 0 Å². The highest BCUT2D eigenvalue weighted by molar-refractivity contribution is 7.99. The Balaban J connectivity index is 1.58. The summed E-state index contributed by atoms with van der Waals surface area (Å²) in [4.78, 5) is 15.6. The van der Waals surface area contributed by atoms with Gasteiger partial charge in [0.2, 0.25) is 5.91 Å². The van der Waals surface area contributed by atoms with Gasteiger partial charge in [0.05, 0.1) is 18.6 Å². The molecule has 3 heterocycles. The second-order valence-electron chi connectivity index (χ2n) is 5.31. The monoisotopic (exact) mass is 348 g/mol. The zero-order valence-corrected chi connectivity index (χ0v) is 14.4. The Labute approximate surface area is 144 Å². The molecule has 0 spiro atoms. The number of furan rings is 1. The van der Waals surface area contributed by atoms with E-state index in [4.69, 9.17) is 4.42 Å². The maximum absolute atomic E-state index is 12.1. The number of nitrogens with zero attached hydrogens (tertiary/aromatic N) is 1. The smallest absolute Gasteiger partial charge is 0.244 e. The lowest BCUT2D eigenvalue weighted by atomic mass is 10.1. The van der Waals surface area contributed by atoms with E-state index in [1.165, 1.54) is 0 Å². The maximum atomic E-state index is 12.1. The lowest BCUT2D eigenvalue weighted by Crippen LogP contribution is -2.41. The molecule has 1 amide bonds. The first-order valence-corrected chi connectivity index (χ1v) is 9.69. The first-order valence-electron chi connectivity index (χ1n) is 7.66. The van der Waals surface area contributed by atoms with Crippen molar-refractivity contribution in [2.45, 2.75) is 6.04 Å². The largest absolute Gasteiger partial charge is 0.472 e. The number of rotatable bonds is 6. The molecule has 23 heavy (non-hydrogen) atoms. The Bertz CT molecular complexity index is 617. The van der Waals surface area contributed by atoms with Crippen molar-refractivity contribution >= 4 is 35.1 Å². The van der Waals surface area contributed by atoms with Crippen molar-refractivity contribution in [1.29, 1.82) is 0 Å². The molecular formula is C17H20N2O2S2. The molecule has 1 fully saturated rings. The summed E-state index contributed by atoms with van der Waals surface area (Å²) in [5.74, 6) is 2.22. The molecular weight excluding hydrogens is 328 g/mol. The topological polar surface area (TPSA) is 45.5 Å². The van der Waals surface area contributed by atoms with Gasteiger partial charge in [-0.2, -0.15) is 11.8 Å². The van der Waals surface area contributed by atoms with Crippen LogP contribution >= 0.6 is 23.1 Å². The van der Waals surface area contributed by atoms with Gasteiger partial charge in [0.15, 0.2) is 0 Å². The normalized spacial score (nSPS) is 17.4. The second kappa shape index (κ2) is 8.38. The molecule has 2 aromatic heterocycles. The average Bonchev–Trinajstić information content (AvgIpc) is 3.28. The molecule has 1 saturated heterocycles. The van der Waals surface area contributed by atoms with Crippen LogP contribution in [0.3, 0.4) is 0 Å². The minimum absolute atomic E-state index is 0.0571. The highest BCUT2D eigenvalue weighted by Gasteiger charge is 2.23. The van der Waals surface area contributed by atoms with Gasteiger partial charge in [-0.25, -0.2) is 0 Å². The fourth-order valence-electron chi connectivity index (χ4n) is 2.61. The highest BCUT2D eigenvalue weighted by atomic mass is 32.2. The van der Waals surface area contributed by atoms with Crippen LogP contribution in [0.4, 0.5) is 0 Å². The van der Waals surface area contributed by atoms with Crippen LogP contribution in [-0.2, 0) is 4.79 Å². The Morgan fingerprint density at radius 3 is 2.96 bits per heavy atom. The summed E-state index contributed by atoms with van der Waals surface area (Å²) >= 11 is 3.60. The van der Waals surface area contributed by atoms with Crippen LogP contribution in [0.15, 0.2) is 46.6 Å². The zero-order chi connectivity index (χ0) is 15.9. The van der Waals surface area contributed by atoms with E-state index in [1.807, 2.05) is 41.4 Å². The maximum Gasteiger partial charge on any atom is 0.244 e. The molecule has 122 valence electrons. The fraction of sp³-hybridized carbons (Fsp3) is 0.353. The predicted molar refractivity (Wildman–Crippen MR) is 96.7 cm³/mol. The molecule has 0 radical (unpaired) electrons. The molecule has 1 aliphatic rings. The predicted octanol–water partition coefficient (Wildman–Crippen LogP) is 3.26. The molecule has 0 bridgehead atoms. The summed E-state index contributed by atoms with van der Waals surface area (Å²) < 4.78 is 5.23. The van der Waals surface area contributed by atoms with Gasteiger partial charge >= 0.3 is 0 Å². The van der Waals surface area contributed by atoms with Gasteiger partial charge in [0.1, 0.15) is 0 Å². The first kappa shape index (κ1) is 16.4. The average molecular weight is 348 g/mol. The molecule has 0 unspecified atom stereocenters. The fourth-order valence-corrected chi connectivity index (χ4v) is 4.16. The summed E-state index contributed by atoms with van der Waals surface area (Å²) in [6, 6.07) is 6.13. The third-order valence-corrected chi connectivity index (χ3v) is 5.61. The number of thioether (sulfide) groups is 1. The summed E-state index contributed by atoms with van der Waals surface area (Å²) in [6.45, 7) is 2.68. The third-order valence-electron chi connectivity index (χ3n) is 3.83. The van der Waals surface area contributed by atoms with Crippen molar-refractivity contribution in [3.8, 4) is 0 Å². The SMILES string of the molecule is O=C(/C=C/c1cccs1)NC[C@@H](c1ccoc1)N1CCSCC1. The van der Waals surface area contributed by atoms with Crippen molar-refractivity contribution in [3.63, 3.8) is 0 Å². The first-order chi connectivity index (χ1) is 11.3. The number of thiophene rings is 1. The van der Waals surface area contributed by atoms with Crippen LogP contribution < -0.4 is 5.32 Å². The van der Waals surface area contributed by atoms with Gasteiger partial charge in [-0.1, -0.05) is 6.07 Å². The number of carbonyl (C=O) groups is 1. The van der Waals surface area contributed by atoms with Crippen LogP contribution in [0.2, 0.25) is 0 Å². The minimum atomic E-state index is -0.0571. The van der Waals surface area contributed by atoms with Gasteiger partial charge in [-0.15, -0.1) is 11.3 Å². The van der Waals surface area contributed by atoms with Crippen molar-refractivity contribution in [2.24, 2.45) is 0 Å². The molecule has 1 aliphatic heterocycles. The lowest BCUT2D eigenvalue weighted by Gasteiger charge is -2.33. The van der Waals surface area contributed by atoms with E-state index < -0.39 is 0 Å². The quantitative estimate of drug-likeness (QED) is 0.814. The van der Waals surface area contributed by atoms with Crippen LogP contribution in [0.5, 0.6) is 0 Å². The lowest BCUT2D eigenvalue weighted by molar-refractivity contribution is -0.116. The molecule has 0 saturated carbocycles. The summed E-state index contributed by atoms with van der Waals surface area (Å²) in [5.41, 5.74) is 1.12. The molecule has 3 rings (SSSR count). The molecule has 6 heteroatoms. The molecule has 1 N–H and O–H groups in total. The van der Waals surface area contributed by atoms with E-state index in [0.717, 1.165) is 35.0 Å². The molecule has 0 aromatic carbocycles. The van der Waals surface area contributed by atoms with Crippen molar-refractivity contribution in [1.82, 2.24) is 10.2 Å². The van der Waals surface area contributed by atoms with Gasteiger partial charge < -0.3 is 9.73 Å². The van der Waals surface area contributed by atoms with Crippen LogP contribution in [0, 0.1) is 0 Å². The second-order valence-corrected chi connectivity index (χ2v) is 7.52. The molecule has 4 nitrogen and oxygen atoms in total. The minimum Gasteiger partial charge on any atom is -0.472 e. The van der Waals surface area contributed by atoms with E-state index in [-0.39, 0.29) is 11.9 Å². The van der Waals surface area contributed by atoms with Gasteiger partial charge in [0, 0.05) is 47.7 Å². The number of amides is 1. The molecule has 1 atom stereocenters. The Morgan fingerprint density at radius 2 is 2.26 bits per heavy atom. The summed E-state index contributed by atoms with van der Waals surface area (Å²) in [7, 11) is 0. The van der Waals surface area contributed by atoms with E-state index in [2.05, 4.69) is 10.2 Å². The molecule has 2 aromatic rings. The Kier molecular flexibility index (Phi) is 5.96. The number of nitrogens with one attached hydrogen (secondary N) is 1. The third kappa shape index (κ3) is 4.73. The van der Waals surface area contributed by atoms with E-state index >= 15 is 0 Å². The number of carbonyl (C=O) groups excluding carboxylic acids is 1. The number of hydrogen-bond acceptors (Lipinski definition) is 5. The standard InChI is InChI=1S/C17H20N2O2S2/c20-17(4-3-15-2-1-9-23-15)18-12-16(14-5-8-21-13-14)19-6-10-22-11-7-19/h1-5,8-9,13,16H,6-7,10-12H2,(H,18,20)/b4-3+/t16-/m0/s1. The zero-order valence-electron chi connectivity index (χ0n) is 12.8. The van der Waals surface area contributed by atoms with Crippen molar-refractivity contribution in [3.05, 3.63) is 52.6 Å². The van der Waals surface area contributed by atoms with E-state index in [9.17, 15) is 4.79 Å². The van der Waals surface area contributed by atoms with Crippen LogP contribution in [0.1, 0.15) is 16.5 Å². The van der Waals surface area contributed by atoms with E-state index in [0.29, 0.717) is 6.54 Å². The van der Waals surface area contributed by atoms with Crippen LogP contribution in [-0.4, -0.2) is 41.9 Å².